The van der Waals surface area contributed by atoms with Crippen LogP contribution in [0.25, 0.3) is 11.1 Å². The van der Waals surface area contributed by atoms with Crippen LogP contribution < -0.4 is 10.6 Å². The Morgan fingerprint density at radius 2 is 1.70 bits per heavy atom. The van der Waals surface area contributed by atoms with Crippen molar-refractivity contribution in [2.75, 3.05) is 19.7 Å². The van der Waals surface area contributed by atoms with Crippen LogP contribution in [0.15, 0.2) is 48.5 Å². The lowest BCUT2D eigenvalue weighted by atomic mass is 9.98. The number of carbonyl (C=O) groups excluding carboxylic acids is 1. The van der Waals surface area contributed by atoms with Gasteiger partial charge in [0, 0.05) is 12.5 Å². The number of fused-ring (bicyclic) bond motifs is 3. The van der Waals surface area contributed by atoms with Crippen molar-refractivity contribution in [2.24, 2.45) is 0 Å². The van der Waals surface area contributed by atoms with E-state index < -0.39 is 17.6 Å². The number of amides is 1. The first-order chi connectivity index (χ1) is 12.6. The lowest BCUT2D eigenvalue weighted by Crippen LogP contribution is -2.56. The number of halogens is 1. The van der Waals surface area contributed by atoms with Gasteiger partial charge in [0.2, 0.25) is 0 Å². The van der Waals surface area contributed by atoms with Gasteiger partial charge in [0.15, 0.2) is 5.54 Å². The lowest BCUT2D eigenvalue weighted by Gasteiger charge is -2.24. The Kier molecular flexibility index (Phi) is 5.39. The highest BCUT2D eigenvalue weighted by molar-refractivity contribution is 5.86. The topological polar surface area (TPSA) is 87.7 Å². The highest BCUT2D eigenvalue weighted by atomic mass is 35.5. The molecule has 1 atom stereocenters. The molecule has 6 nitrogen and oxygen atoms in total. The molecule has 1 fully saturated rings. The molecule has 0 bridgehead atoms. The summed E-state index contributed by atoms with van der Waals surface area (Å²) < 4.78 is 5.44. The van der Waals surface area contributed by atoms with Crippen molar-refractivity contribution in [1.29, 1.82) is 0 Å². The predicted molar refractivity (Wildman–Crippen MR) is 103 cm³/mol. The molecule has 0 saturated carbocycles. The molecule has 2 aliphatic rings. The SMILES string of the molecule is Cl.O=C(N[C@]1(C(=O)O)CCNC1)OCC1c2ccccc2-c2ccccc21. The molecule has 1 saturated heterocycles. The van der Waals surface area contributed by atoms with Crippen LogP contribution in [0, 0.1) is 0 Å². The summed E-state index contributed by atoms with van der Waals surface area (Å²) in [5.74, 6) is -1.09. The lowest BCUT2D eigenvalue weighted by molar-refractivity contribution is -0.143. The molecule has 7 heteroatoms. The molecule has 27 heavy (non-hydrogen) atoms. The number of aliphatic carboxylic acids is 1. The minimum atomic E-state index is -1.29. The zero-order valence-electron chi connectivity index (χ0n) is 14.6. The van der Waals surface area contributed by atoms with E-state index in [4.69, 9.17) is 4.74 Å². The normalized spacial score (nSPS) is 20.3. The van der Waals surface area contributed by atoms with Crippen LogP contribution in [0.3, 0.4) is 0 Å². The van der Waals surface area contributed by atoms with Gasteiger partial charge in [0.05, 0.1) is 0 Å². The van der Waals surface area contributed by atoms with Crippen molar-refractivity contribution in [3.05, 3.63) is 59.7 Å². The van der Waals surface area contributed by atoms with Crippen molar-refractivity contribution >= 4 is 24.5 Å². The van der Waals surface area contributed by atoms with E-state index in [9.17, 15) is 14.7 Å². The summed E-state index contributed by atoms with van der Waals surface area (Å²) in [5, 5.41) is 15.0. The summed E-state index contributed by atoms with van der Waals surface area (Å²) >= 11 is 0. The molecule has 2 aromatic rings. The van der Waals surface area contributed by atoms with Crippen LogP contribution in [0.4, 0.5) is 4.79 Å². The molecule has 0 unspecified atom stereocenters. The molecular weight excluding hydrogens is 368 g/mol. The number of carbonyl (C=O) groups is 2. The monoisotopic (exact) mass is 388 g/mol. The van der Waals surface area contributed by atoms with E-state index in [0.717, 1.165) is 22.3 Å². The van der Waals surface area contributed by atoms with Crippen molar-refractivity contribution in [1.82, 2.24) is 10.6 Å². The molecule has 1 aliphatic carbocycles. The Labute approximate surface area is 163 Å². The molecule has 0 aromatic heterocycles. The van der Waals surface area contributed by atoms with E-state index >= 15 is 0 Å². The van der Waals surface area contributed by atoms with Crippen LogP contribution >= 0.6 is 12.4 Å². The number of alkyl carbamates (subject to hydrolysis) is 1. The van der Waals surface area contributed by atoms with Crippen LogP contribution in [0.2, 0.25) is 0 Å². The molecule has 2 aromatic carbocycles. The molecule has 1 amide bonds. The van der Waals surface area contributed by atoms with E-state index in [0.29, 0.717) is 13.0 Å². The summed E-state index contributed by atoms with van der Waals surface area (Å²) in [5.41, 5.74) is 3.26. The first kappa shape index (κ1) is 19.2. The average Bonchev–Trinajstić information content (AvgIpc) is 3.24. The smallest absolute Gasteiger partial charge is 0.408 e. The number of rotatable bonds is 4. The first-order valence-electron chi connectivity index (χ1n) is 8.68. The van der Waals surface area contributed by atoms with E-state index in [1.165, 1.54) is 0 Å². The third kappa shape index (κ3) is 3.38. The summed E-state index contributed by atoms with van der Waals surface area (Å²) in [7, 11) is 0. The fourth-order valence-corrected chi connectivity index (χ4v) is 3.86. The van der Waals surface area contributed by atoms with Crippen LogP contribution in [-0.4, -0.2) is 42.4 Å². The second-order valence-corrected chi connectivity index (χ2v) is 6.76. The Balaban J connectivity index is 0.00000210. The van der Waals surface area contributed by atoms with Gasteiger partial charge in [0.25, 0.3) is 0 Å². The van der Waals surface area contributed by atoms with Gasteiger partial charge in [-0.2, -0.15) is 0 Å². The molecule has 0 spiro atoms. The van der Waals surface area contributed by atoms with Crippen molar-refractivity contribution in [3.8, 4) is 11.1 Å². The maximum absolute atomic E-state index is 12.3. The van der Waals surface area contributed by atoms with Gasteiger partial charge in [-0.25, -0.2) is 9.59 Å². The highest BCUT2D eigenvalue weighted by Gasteiger charge is 2.43. The van der Waals surface area contributed by atoms with Gasteiger partial charge < -0.3 is 20.5 Å². The largest absolute Gasteiger partial charge is 0.479 e. The number of carboxylic acid groups (broad SMARTS) is 1. The molecule has 142 valence electrons. The van der Waals surface area contributed by atoms with Crippen molar-refractivity contribution in [3.63, 3.8) is 0 Å². The summed E-state index contributed by atoms with van der Waals surface area (Å²) in [6.45, 7) is 0.922. The fraction of sp³-hybridized carbons (Fsp3) is 0.300. The Morgan fingerprint density at radius 3 is 2.22 bits per heavy atom. The number of hydrogen-bond donors (Lipinski definition) is 3. The molecule has 1 aliphatic heterocycles. The molecule has 1 heterocycles. The zero-order valence-corrected chi connectivity index (χ0v) is 15.4. The van der Waals surface area contributed by atoms with Gasteiger partial charge in [-0.1, -0.05) is 48.5 Å². The second kappa shape index (κ2) is 7.58. The van der Waals surface area contributed by atoms with Crippen LogP contribution in [0.5, 0.6) is 0 Å². The Hall–Kier alpha value is -2.57. The fourth-order valence-electron chi connectivity index (χ4n) is 3.86. The van der Waals surface area contributed by atoms with Crippen molar-refractivity contribution in [2.45, 2.75) is 17.9 Å². The molecule has 4 rings (SSSR count). The third-order valence-corrected chi connectivity index (χ3v) is 5.25. The van der Waals surface area contributed by atoms with Crippen molar-refractivity contribution < 1.29 is 19.4 Å². The maximum Gasteiger partial charge on any atom is 0.408 e. The molecule has 3 N–H and O–H groups in total. The quantitative estimate of drug-likeness (QED) is 0.749. The number of carboxylic acids is 1. The van der Waals surface area contributed by atoms with E-state index in [2.05, 4.69) is 22.8 Å². The number of nitrogens with one attached hydrogen (secondary N) is 2. The van der Waals surface area contributed by atoms with E-state index in [1.54, 1.807) is 0 Å². The second-order valence-electron chi connectivity index (χ2n) is 6.76. The first-order valence-corrected chi connectivity index (χ1v) is 8.68. The average molecular weight is 389 g/mol. The molecule has 0 radical (unpaired) electrons. The van der Waals surface area contributed by atoms with E-state index in [1.807, 2.05) is 36.4 Å². The number of benzene rings is 2. The summed E-state index contributed by atoms with van der Waals surface area (Å²) in [4.78, 5) is 23.8. The molecular formula is C20H21ClN2O4. The van der Waals surface area contributed by atoms with Gasteiger partial charge in [-0.05, 0) is 35.2 Å². The minimum Gasteiger partial charge on any atom is -0.479 e. The Bertz CT molecular complexity index is 819. The summed E-state index contributed by atoms with van der Waals surface area (Å²) in [6, 6.07) is 16.2. The maximum atomic E-state index is 12.3. The van der Waals surface area contributed by atoms with E-state index in [-0.39, 0.29) is 31.5 Å². The summed E-state index contributed by atoms with van der Waals surface area (Å²) in [6.07, 6.45) is -0.357. The van der Waals surface area contributed by atoms with Gasteiger partial charge >= 0.3 is 12.1 Å². The standard InChI is InChI=1S/C20H20N2O4.ClH/c23-18(24)20(9-10-21-12-20)22-19(25)26-11-17-15-7-3-1-5-13(15)14-6-2-4-8-16(14)17;/h1-8,17,21H,9-12H2,(H,22,25)(H,23,24);1H/t20-;/m1./s1. The van der Waals surface area contributed by atoms with Crippen LogP contribution in [-0.2, 0) is 9.53 Å². The number of ether oxygens (including phenoxy) is 1. The van der Waals surface area contributed by atoms with Gasteiger partial charge in [-0.15, -0.1) is 12.4 Å². The third-order valence-electron chi connectivity index (χ3n) is 5.25. The van der Waals surface area contributed by atoms with Crippen LogP contribution in [0.1, 0.15) is 23.5 Å². The predicted octanol–water partition coefficient (Wildman–Crippen LogP) is 2.76. The Morgan fingerprint density at radius 1 is 1.11 bits per heavy atom. The van der Waals surface area contributed by atoms with Gasteiger partial charge in [-0.3, -0.25) is 0 Å². The van der Waals surface area contributed by atoms with Gasteiger partial charge in [0.1, 0.15) is 6.61 Å². The highest BCUT2D eigenvalue weighted by Crippen LogP contribution is 2.44. The number of hydrogen-bond acceptors (Lipinski definition) is 4. The zero-order chi connectivity index (χ0) is 18.1. The minimum absolute atomic E-state index is 0.